The van der Waals surface area contributed by atoms with Crippen molar-refractivity contribution in [3.63, 3.8) is 0 Å². The molecule has 1 nitrogen and oxygen atoms in total. The van der Waals surface area contributed by atoms with Crippen molar-refractivity contribution in [2.45, 2.75) is 23.1 Å². The summed E-state index contributed by atoms with van der Waals surface area (Å²) in [7, 11) is 0. The molecule has 0 heterocycles. The molecule has 2 rings (SSSR count). The van der Waals surface area contributed by atoms with Gasteiger partial charge in [0.15, 0.2) is 0 Å². The molecule has 0 radical (unpaired) electrons. The molecule has 0 bridgehead atoms. The van der Waals surface area contributed by atoms with Gasteiger partial charge in [-0.1, -0.05) is 36.0 Å². The van der Waals surface area contributed by atoms with Crippen LogP contribution in [0.15, 0.2) is 58.3 Å². The second kappa shape index (κ2) is 5.89. The summed E-state index contributed by atoms with van der Waals surface area (Å²) in [4.78, 5) is 2.56. The Balaban J connectivity index is 2.15. The summed E-state index contributed by atoms with van der Waals surface area (Å²) < 4.78 is 0. The predicted molar refractivity (Wildman–Crippen MR) is 74.5 cm³/mol. The van der Waals surface area contributed by atoms with Gasteiger partial charge in [-0.3, -0.25) is 0 Å². The van der Waals surface area contributed by atoms with Gasteiger partial charge in [-0.25, -0.2) is 0 Å². The van der Waals surface area contributed by atoms with E-state index in [1.165, 1.54) is 20.9 Å². The molecule has 17 heavy (non-hydrogen) atoms. The number of rotatable bonds is 4. The molecule has 0 aliphatic rings. The van der Waals surface area contributed by atoms with Crippen molar-refractivity contribution in [3.8, 4) is 0 Å². The Morgan fingerprint density at radius 1 is 1.00 bits per heavy atom. The largest absolute Gasteiger partial charge is 0.330 e. The lowest BCUT2D eigenvalue weighted by atomic mass is 10.1. The van der Waals surface area contributed by atoms with Gasteiger partial charge in [-0.2, -0.15) is 0 Å². The Morgan fingerprint density at radius 3 is 2.41 bits per heavy atom. The maximum absolute atomic E-state index is 5.59. The van der Waals surface area contributed by atoms with Crippen LogP contribution in [0.3, 0.4) is 0 Å². The van der Waals surface area contributed by atoms with E-state index in [1.54, 1.807) is 11.8 Å². The monoisotopic (exact) mass is 243 g/mol. The quantitative estimate of drug-likeness (QED) is 0.887. The number of aryl methyl sites for hydroxylation is 1. The van der Waals surface area contributed by atoms with Gasteiger partial charge < -0.3 is 5.73 Å². The Morgan fingerprint density at radius 2 is 1.76 bits per heavy atom. The first-order chi connectivity index (χ1) is 8.29. The minimum Gasteiger partial charge on any atom is -0.330 e. The standard InChI is InChI=1S/C15H17NS/c1-12-11-15(8-7-13(12)9-10-16)17-14-5-3-2-4-6-14/h2-8,11H,9-10,16H2,1H3. The van der Waals surface area contributed by atoms with Crippen LogP contribution >= 0.6 is 11.8 Å². The third kappa shape index (κ3) is 3.35. The molecule has 0 aromatic heterocycles. The van der Waals surface area contributed by atoms with E-state index in [0.29, 0.717) is 6.54 Å². The molecule has 0 saturated carbocycles. The highest BCUT2D eigenvalue weighted by atomic mass is 32.2. The maximum Gasteiger partial charge on any atom is 0.0125 e. The fraction of sp³-hybridized carbons (Fsp3) is 0.200. The number of benzene rings is 2. The minimum absolute atomic E-state index is 0.714. The van der Waals surface area contributed by atoms with E-state index in [0.717, 1.165) is 6.42 Å². The number of hydrogen-bond donors (Lipinski definition) is 1. The van der Waals surface area contributed by atoms with Crippen LogP contribution in [0.25, 0.3) is 0 Å². The van der Waals surface area contributed by atoms with Crippen LogP contribution in [-0.4, -0.2) is 6.54 Å². The fourth-order valence-electron chi connectivity index (χ4n) is 1.79. The summed E-state index contributed by atoms with van der Waals surface area (Å²) in [5, 5.41) is 0. The summed E-state index contributed by atoms with van der Waals surface area (Å²) in [6, 6.07) is 17.0. The molecule has 0 aliphatic carbocycles. The van der Waals surface area contributed by atoms with Crippen molar-refractivity contribution in [2.75, 3.05) is 6.54 Å². The normalized spacial score (nSPS) is 10.5. The molecule has 0 saturated heterocycles. The second-order valence-corrected chi connectivity index (χ2v) is 5.19. The highest BCUT2D eigenvalue weighted by molar-refractivity contribution is 7.99. The summed E-state index contributed by atoms with van der Waals surface area (Å²) in [6.45, 7) is 2.87. The van der Waals surface area contributed by atoms with Crippen molar-refractivity contribution in [1.29, 1.82) is 0 Å². The Bertz CT molecular complexity index is 480. The van der Waals surface area contributed by atoms with Gasteiger partial charge in [0.05, 0.1) is 0 Å². The van der Waals surface area contributed by atoms with Crippen molar-refractivity contribution >= 4 is 11.8 Å². The first kappa shape index (κ1) is 12.2. The van der Waals surface area contributed by atoms with Crippen LogP contribution in [0.5, 0.6) is 0 Å². The molecule has 0 unspecified atom stereocenters. The highest BCUT2D eigenvalue weighted by Gasteiger charge is 2.01. The Hall–Kier alpha value is -1.25. The van der Waals surface area contributed by atoms with Gasteiger partial charge in [0, 0.05) is 9.79 Å². The van der Waals surface area contributed by atoms with Gasteiger partial charge in [-0.05, 0) is 55.3 Å². The van der Waals surface area contributed by atoms with E-state index in [4.69, 9.17) is 5.73 Å². The van der Waals surface area contributed by atoms with Gasteiger partial charge in [0.2, 0.25) is 0 Å². The second-order valence-electron chi connectivity index (χ2n) is 4.04. The van der Waals surface area contributed by atoms with Gasteiger partial charge in [0.1, 0.15) is 0 Å². The van der Waals surface area contributed by atoms with Crippen LogP contribution in [0, 0.1) is 6.92 Å². The molecule has 0 fully saturated rings. The summed E-state index contributed by atoms with van der Waals surface area (Å²) in [6.07, 6.45) is 0.960. The molecule has 0 aliphatic heterocycles. The zero-order valence-electron chi connectivity index (χ0n) is 10.0. The third-order valence-corrected chi connectivity index (χ3v) is 3.70. The zero-order chi connectivity index (χ0) is 12.1. The minimum atomic E-state index is 0.714. The van der Waals surface area contributed by atoms with Crippen molar-refractivity contribution in [3.05, 3.63) is 59.7 Å². The average Bonchev–Trinajstić information content (AvgIpc) is 2.34. The first-order valence-corrected chi connectivity index (χ1v) is 6.64. The molecule has 88 valence electrons. The predicted octanol–water partition coefficient (Wildman–Crippen LogP) is 3.65. The fourth-order valence-corrected chi connectivity index (χ4v) is 2.73. The highest BCUT2D eigenvalue weighted by Crippen LogP contribution is 2.28. The Labute approximate surface area is 107 Å². The topological polar surface area (TPSA) is 26.0 Å². The SMILES string of the molecule is Cc1cc(Sc2ccccc2)ccc1CCN. The van der Waals surface area contributed by atoms with Crippen LogP contribution in [0.1, 0.15) is 11.1 Å². The molecule has 2 heteroatoms. The van der Waals surface area contributed by atoms with Crippen LogP contribution in [-0.2, 0) is 6.42 Å². The lowest BCUT2D eigenvalue weighted by molar-refractivity contribution is 0.954. The van der Waals surface area contributed by atoms with E-state index >= 15 is 0 Å². The molecule has 2 aromatic carbocycles. The molecule has 2 N–H and O–H groups in total. The summed E-state index contributed by atoms with van der Waals surface area (Å²) >= 11 is 1.80. The van der Waals surface area contributed by atoms with Crippen molar-refractivity contribution in [1.82, 2.24) is 0 Å². The molecule has 0 amide bonds. The van der Waals surface area contributed by atoms with Crippen molar-refractivity contribution < 1.29 is 0 Å². The third-order valence-electron chi connectivity index (χ3n) is 2.71. The van der Waals surface area contributed by atoms with Gasteiger partial charge >= 0.3 is 0 Å². The molecule has 0 spiro atoms. The van der Waals surface area contributed by atoms with Gasteiger partial charge in [0.25, 0.3) is 0 Å². The van der Waals surface area contributed by atoms with E-state index < -0.39 is 0 Å². The van der Waals surface area contributed by atoms with Crippen LogP contribution < -0.4 is 5.73 Å². The van der Waals surface area contributed by atoms with Crippen LogP contribution in [0.4, 0.5) is 0 Å². The Kier molecular flexibility index (Phi) is 4.24. The molecule has 0 atom stereocenters. The van der Waals surface area contributed by atoms with Crippen LogP contribution in [0.2, 0.25) is 0 Å². The lowest BCUT2D eigenvalue weighted by Gasteiger charge is -2.07. The lowest BCUT2D eigenvalue weighted by Crippen LogP contribution is -2.03. The van der Waals surface area contributed by atoms with Gasteiger partial charge in [-0.15, -0.1) is 0 Å². The number of nitrogens with two attached hydrogens (primary N) is 1. The van der Waals surface area contributed by atoms with E-state index in [1.807, 2.05) is 6.07 Å². The van der Waals surface area contributed by atoms with E-state index in [-0.39, 0.29) is 0 Å². The summed E-state index contributed by atoms with van der Waals surface area (Å²) in [5.41, 5.74) is 8.27. The number of hydrogen-bond acceptors (Lipinski definition) is 2. The zero-order valence-corrected chi connectivity index (χ0v) is 10.8. The molecular formula is C15H17NS. The smallest absolute Gasteiger partial charge is 0.0125 e. The van der Waals surface area contributed by atoms with Crippen molar-refractivity contribution in [2.24, 2.45) is 5.73 Å². The summed E-state index contributed by atoms with van der Waals surface area (Å²) in [5.74, 6) is 0. The maximum atomic E-state index is 5.59. The first-order valence-electron chi connectivity index (χ1n) is 5.82. The molecular weight excluding hydrogens is 226 g/mol. The van der Waals surface area contributed by atoms with E-state index in [9.17, 15) is 0 Å². The van der Waals surface area contributed by atoms with E-state index in [2.05, 4.69) is 49.4 Å². The molecule has 2 aromatic rings. The average molecular weight is 243 g/mol.